The van der Waals surface area contributed by atoms with Crippen LogP contribution in [0.3, 0.4) is 0 Å². The third-order valence-electron chi connectivity index (χ3n) is 5.10. The summed E-state index contributed by atoms with van der Waals surface area (Å²) in [5.74, 6) is 0.855. The molecule has 0 aliphatic carbocycles. The molecule has 0 bridgehead atoms. The molecule has 0 unspecified atom stereocenters. The molecule has 3 aromatic rings. The SMILES string of the molecule is C=CCN(CC=C)S(=O)(=O)c1ccc(NC(=S)NC(=O)c2cccc(OCCOc3ccccc3)c2)cc1. The summed E-state index contributed by atoms with van der Waals surface area (Å²) in [6.45, 7) is 8.20. The summed E-state index contributed by atoms with van der Waals surface area (Å²) in [5.41, 5.74) is 0.880. The van der Waals surface area contributed by atoms with Crippen molar-refractivity contribution < 1.29 is 22.7 Å². The molecule has 0 saturated heterocycles. The van der Waals surface area contributed by atoms with Gasteiger partial charge in [-0.2, -0.15) is 4.31 Å². The van der Waals surface area contributed by atoms with Crippen LogP contribution in [0.5, 0.6) is 11.5 Å². The van der Waals surface area contributed by atoms with Crippen LogP contribution in [-0.2, 0) is 10.0 Å². The number of benzene rings is 3. The van der Waals surface area contributed by atoms with Crippen LogP contribution >= 0.6 is 12.2 Å². The fourth-order valence-electron chi connectivity index (χ4n) is 3.32. The number of hydrogen-bond acceptors (Lipinski definition) is 6. The molecule has 0 fully saturated rings. The summed E-state index contributed by atoms with van der Waals surface area (Å²) in [6, 6.07) is 22.2. The third kappa shape index (κ3) is 8.27. The highest BCUT2D eigenvalue weighted by atomic mass is 32.2. The van der Waals surface area contributed by atoms with E-state index in [-0.39, 0.29) is 23.1 Å². The average Bonchev–Trinajstić information content (AvgIpc) is 2.92. The van der Waals surface area contributed by atoms with Crippen molar-refractivity contribution in [3.63, 3.8) is 0 Å². The number of carbonyl (C=O) groups excluding carboxylic acids is 1. The molecular formula is C28H29N3O5S2. The van der Waals surface area contributed by atoms with E-state index < -0.39 is 15.9 Å². The van der Waals surface area contributed by atoms with Crippen LogP contribution < -0.4 is 20.1 Å². The zero-order valence-electron chi connectivity index (χ0n) is 20.7. The number of hydrogen-bond donors (Lipinski definition) is 2. The molecule has 0 heterocycles. The summed E-state index contributed by atoms with van der Waals surface area (Å²) in [7, 11) is -3.71. The number of nitrogens with one attached hydrogen (secondary N) is 2. The molecule has 3 rings (SSSR count). The molecule has 10 heteroatoms. The molecule has 0 aliphatic heterocycles. The monoisotopic (exact) mass is 551 g/mol. The Morgan fingerprint density at radius 3 is 2.11 bits per heavy atom. The van der Waals surface area contributed by atoms with Gasteiger partial charge in [-0.05, 0) is 66.8 Å². The number of amides is 1. The number of anilines is 1. The second-order valence-corrected chi connectivity index (χ2v) is 10.2. The van der Waals surface area contributed by atoms with Crippen molar-refractivity contribution in [2.45, 2.75) is 4.90 Å². The maximum Gasteiger partial charge on any atom is 0.257 e. The van der Waals surface area contributed by atoms with Gasteiger partial charge in [0.1, 0.15) is 24.7 Å². The van der Waals surface area contributed by atoms with Crippen molar-refractivity contribution in [1.82, 2.24) is 9.62 Å². The quantitative estimate of drug-likeness (QED) is 0.182. The summed E-state index contributed by atoms with van der Waals surface area (Å²) in [6.07, 6.45) is 3.03. The lowest BCUT2D eigenvalue weighted by atomic mass is 10.2. The van der Waals surface area contributed by atoms with Crippen LogP contribution in [0, 0.1) is 0 Å². The number of nitrogens with zero attached hydrogens (tertiary/aromatic N) is 1. The van der Waals surface area contributed by atoms with E-state index in [1.165, 1.54) is 28.6 Å². The number of carbonyl (C=O) groups is 1. The van der Waals surface area contributed by atoms with Crippen LogP contribution in [0.25, 0.3) is 0 Å². The van der Waals surface area contributed by atoms with Gasteiger partial charge in [0.15, 0.2) is 5.11 Å². The first-order chi connectivity index (χ1) is 18.3. The van der Waals surface area contributed by atoms with Gasteiger partial charge in [0.25, 0.3) is 5.91 Å². The van der Waals surface area contributed by atoms with E-state index in [9.17, 15) is 13.2 Å². The van der Waals surface area contributed by atoms with E-state index in [0.29, 0.717) is 30.2 Å². The van der Waals surface area contributed by atoms with Gasteiger partial charge in [-0.15, -0.1) is 13.2 Å². The molecule has 8 nitrogen and oxygen atoms in total. The van der Waals surface area contributed by atoms with E-state index in [4.69, 9.17) is 21.7 Å². The zero-order chi connectivity index (χ0) is 27.4. The Labute approximate surface area is 228 Å². The third-order valence-corrected chi connectivity index (χ3v) is 7.15. The largest absolute Gasteiger partial charge is 0.490 e. The van der Waals surface area contributed by atoms with Crippen molar-refractivity contribution >= 4 is 38.9 Å². The van der Waals surface area contributed by atoms with Gasteiger partial charge in [0, 0.05) is 24.3 Å². The number of rotatable bonds is 13. The second kappa shape index (κ2) is 14.1. The highest BCUT2D eigenvalue weighted by molar-refractivity contribution is 7.89. The van der Waals surface area contributed by atoms with Gasteiger partial charge in [0.05, 0.1) is 4.90 Å². The molecule has 3 aromatic carbocycles. The first-order valence-electron chi connectivity index (χ1n) is 11.7. The number of para-hydroxylation sites is 1. The van der Waals surface area contributed by atoms with Crippen LogP contribution in [0.2, 0.25) is 0 Å². The second-order valence-electron chi connectivity index (χ2n) is 7.87. The Bertz CT molecular complexity index is 1350. The van der Waals surface area contributed by atoms with Crippen molar-refractivity contribution in [3.8, 4) is 11.5 Å². The van der Waals surface area contributed by atoms with E-state index in [1.54, 1.807) is 36.4 Å². The lowest BCUT2D eigenvalue weighted by molar-refractivity contribution is 0.0977. The van der Waals surface area contributed by atoms with Crippen LogP contribution in [0.1, 0.15) is 10.4 Å². The minimum absolute atomic E-state index is 0.0631. The summed E-state index contributed by atoms with van der Waals surface area (Å²) < 4.78 is 38.2. The van der Waals surface area contributed by atoms with Crippen molar-refractivity contribution in [2.24, 2.45) is 0 Å². The molecular weight excluding hydrogens is 522 g/mol. The highest BCUT2D eigenvalue weighted by Gasteiger charge is 2.22. The fourth-order valence-corrected chi connectivity index (χ4v) is 4.91. The molecule has 0 aliphatic rings. The summed E-state index contributed by atoms with van der Waals surface area (Å²) in [4.78, 5) is 12.8. The molecule has 0 saturated carbocycles. The minimum Gasteiger partial charge on any atom is -0.490 e. The molecule has 0 atom stereocenters. The van der Waals surface area contributed by atoms with E-state index in [1.807, 2.05) is 30.3 Å². The Morgan fingerprint density at radius 2 is 1.47 bits per heavy atom. The maximum atomic E-state index is 12.8. The number of thiocarbonyl (C=S) groups is 1. The predicted octanol–water partition coefficient (Wildman–Crippen LogP) is 4.63. The smallest absolute Gasteiger partial charge is 0.257 e. The molecule has 0 spiro atoms. The lowest BCUT2D eigenvalue weighted by Gasteiger charge is -2.19. The maximum absolute atomic E-state index is 12.8. The molecule has 1 amide bonds. The number of sulfonamides is 1. The van der Waals surface area contributed by atoms with E-state index >= 15 is 0 Å². The normalized spacial score (nSPS) is 10.9. The Kier molecular flexibility index (Phi) is 10.6. The van der Waals surface area contributed by atoms with Crippen LogP contribution in [0.15, 0.2) is 109 Å². The van der Waals surface area contributed by atoms with Gasteiger partial charge in [-0.1, -0.05) is 36.4 Å². The van der Waals surface area contributed by atoms with Gasteiger partial charge in [-0.3, -0.25) is 10.1 Å². The number of ether oxygens (including phenoxy) is 2. The Balaban J connectivity index is 1.52. The fraction of sp³-hybridized carbons (Fsp3) is 0.143. The topological polar surface area (TPSA) is 97.0 Å². The average molecular weight is 552 g/mol. The molecule has 2 N–H and O–H groups in total. The molecule has 198 valence electrons. The van der Waals surface area contributed by atoms with Crippen molar-refractivity contribution in [3.05, 3.63) is 110 Å². The summed E-state index contributed by atoms with van der Waals surface area (Å²) >= 11 is 5.25. The first-order valence-corrected chi connectivity index (χ1v) is 13.5. The highest BCUT2D eigenvalue weighted by Crippen LogP contribution is 2.19. The van der Waals surface area contributed by atoms with Gasteiger partial charge in [-0.25, -0.2) is 8.42 Å². The molecule has 0 aromatic heterocycles. The predicted molar refractivity (Wildman–Crippen MR) is 153 cm³/mol. The van der Waals surface area contributed by atoms with Gasteiger partial charge < -0.3 is 14.8 Å². The Morgan fingerprint density at radius 1 is 0.868 bits per heavy atom. The Hall–Kier alpha value is -3.99. The minimum atomic E-state index is -3.71. The van der Waals surface area contributed by atoms with Crippen LogP contribution in [-0.4, -0.2) is 50.0 Å². The van der Waals surface area contributed by atoms with Crippen molar-refractivity contribution in [1.29, 1.82) is 0 Å². The summed E-state index contributed by atoms with van der Waals surface area (Å²) in [5, 5.41) is 5.56. The van der Waals surface area contributed by atoms with E-state index in [2.05, 4.69) is 23.8 Å². The standard InChI is InChI=1S/C28H29N3O5S2/c1-3-17-31(18-4-2)38(33,34)26-15-13-23(14-16-26)29-28(37)30-27(32)22-9-8-12-25(21-22)36-20-19-35-24-10-6-5-7-11-24/h3-16,21H,1-2,17-20H2,(H2,29,30,32,37). The lowest BCUT2D eigenvalue weighted by Crippen LogP contribution is -2.34. The van der Waals surface area contributed by atoms with Gasteiger partial charge in [0.2, 0.25) is 10.0 Å². The first kappa shape index (κ1) is 28.6. The molecule has 0 radical (unpaired) electrons. The van der Waals surface area contributed by atoms with E-state index in [0.717, 1.165) is 5.75 Å². The van der Waals surface area contributed by atoms with Crippen LogP contribution in [0.4, 0.5) is 5.69 Å². The van der Waals surface area contributed by atoms with Crippen molar-refractivity contribution in [2.75, 3.05) is 31.6 Å². The molecule has 38 heavy (non-hydrogen) atoms. The zero-order valence-corrected chi connectivity index (χ0v) is 22.3. The van der Waals surface area contributed by atoms with Gasteiger partial charge >= 0.3 is 0 Å².